The van der Waals surface area contributed by atoms with Crippen molar-refractivity contribution in [3.8, 4) is 0 Å². The Balaban J connectivity index is 2.28. The normalized spacial score (nSPS) is 10.8. The Kier molecular flexibility index (Phi) is 4.86. The van der Waals surface area contributed by atoms with Gasteiger partial charge in [-0.3, -0.25) is 4.79 Å². The SMILES string of the molecule is Cc1cc(CSCC(=O)N(C)C(C)C)no1. The van der Waals surface area contributed by atoms with Crippen LogP contribution in [-0.2, 0) is 10.5 Å². The van der Waals surface area contributed by atoms with Gasteiger partial charge < -0.3 is 9.42 Å². The molecule has 0 saturated heterocycles. The lowest BCUT2D eigenvalue weighted by molar-refractivity contribution is -0.128. The molecule has 0 atom stereocenters. The molecule has 0 aliphatic rings. The number of amides is 1. The molecule has 0 bridgehead atoms. The smallest absolute Gasteiger partial charge is 0.232 e. The molecule has 1 heterocycles. The highest BCUT2D eigenvalue weighted by atomic mass is 32.2. The molecule has 0 N–H and O–H groups in total. The Morgan fingerprint density at radius 1 is 1.62 bits per heavy atom. The fourth-order valence-electron chi connectivity index (χ4n) is 1.12. The van der Waals surface area contributed by atoms with Gasteiger partial charge in [0.1, 0.15) is 5.76 Å². The van der Waals surface area contributed by atoms with Gasteiger partial charge in [-0.15, -0.1) is 11.8 Å². The maximum atomic E-state index is 11.6. The third-order valence-electron chi connectivity index (χ3n) is 2.32. The highest BCUT2D eigenvalue weighted by molar-refractivity contribution is 7.99. The summed E-state index contributed by atoms with van der Waals surface area (Å²) in [6.45, 7) is 5.87. The van der Waals surface area contributed by atoms with E-state index in [9.17, 15) is 4.79 Å². The molecule has 16 heavy (non-hydrogen) atoms. The average molecular weight is 242 g/mol. The van der Waals surface area contributed by atoms with Gasteiger partial charge in [-0.25, -0.2) is 0 Å². The largest absolute Gasteiger partial charge is 0.361 e. The van der Waals surface area contributed by atoms with E-state index in [1.807, 2.05) is 33.9 Å². The van der Waals surface area contributed by atoms with Gasteiger partial charge in [0.25, 0.3) is 0 Å². The Hall–Kier alpha value is -0.970. The van der Waals surface area contributed by atoms with Crippen LogP contribution in [0.3, 0.4) is 0 Å². The van der Waals surface area contributed by atoms with Crippen molar-refractivity contribution in [1.82, 2.24) is 10.1 Å². The molecule has 1 aromatic rings. The summed E-state index contributed by atoms with van der Waals surface area (Å²) in [6, 6.07) is 2.14. The molecule has 0 saturated carbocycles. The average Bonchev–Trinajstić information content (AvgIpc) is 2.62. The predicted octanol–water partition coefficient (Wildman–Crippen LogP) is 2.08. The minimum Gasteiger partial charge on any atom is -0.361 e. The summed E-state index contributed by atoms with van der Waals surface area (Å²) in [5.41, 5.74) is 0.891. The zero-order valence-electron chi connectivity index (χ0n) is 10.2. The van der Waals surface area contributed by atoms with Gasteiger partial charge >= 0.3 is 0 Å². The molecule has 90 valence electrons. The van der Waals surface area contributed by atoms with Crippen LogP contribution in [0, 0.1) is 6.92 Å². The maximum absolute atomic E-state index is 11.6. The van der Waals surface area contributed by atoms with E-state index in [0.29, 0.717) is 5.75 Å². The predicted molar refractivity (Wildman–Crippen MR) is 65.3 cm³/mol. The summed E-state index contributed by atoms with van der Waals surface area (Å²) in [5.74, 6) is 2.16. The van der Waals surface area contributed by atoms with Crippen LogP contribution < -0.4 is 0 Å². The second-order valence-corrected chi connectivity index (χ2v) is 5.01. The van der Waals surface area contributed by atoms with E-state index in [-0.39, 0.29) is 11.9 Å². The summed E-state index contributed by atoms with van der Waals surface area (Å²) >= 11 is 1.56. The van der Waals surface area contributed by atoms with Crippen LogP contribution in [0.2, 0.25) is 0 Å². The third kappa shape index (κ3) is 3.89. The number of hydrogen-bond donors (Lipinski definition) is 0. The number of carbonyl (C=O) groups excluding carboxylic acids is 1. The van der Waals surface area contributed by atoms with Crippen LogP contribution in [0.25, 0.3) is 0 Å². The Morgan fingerprint density at radius 3 is 2.81 bits per heavy atom. The first kappa shape index (κ1) is 13.1. The van der Waals surface area contributed by atoms with Crippen molar-refractivity contribution >= 4 is 17.7 Å². The zero-order valence-corrected chi connectivity index (χ0v) is 11.0. The fraction of sp³-hybridized carbons (Fsp3) is 0.636. The van der Waals surface area contributed by atoms with Gasteiger partial charge in [0.05, 0.1) is 11.4 Å². The van der Waals surface area contributed by atoms with E-state index in [4.69, 9.17) is 4.52 Å². The lowest BCUT2D eigenvalue weighted by atomic mass is 10.3. The zero-order chi connectivity index (χ0) is 12.1. The first-order valence-electron chi connectivity index (χ1n) is 5.26. The molecule has 0 unspecified atom stereocenters. The first-order valence-corrected chi connectivity index (χ1v) is 6.41. The van der Waals surface area contributed by atoms with Gasteiger partial charge in [-0.05, 0) is 20.8 Å². The van der Waals surface area contributed by atoms with Gasteiger partial charge in [0.2, 0.25) is 5.91 Å². The van der Waals surface area contributed by atoms with Crippen molar-refractivity contribution < 1.29 is 9.32 Å². The molecule has 0 aliphatic carbocycles. The molecular formula is C11H18N2O2S. The molecule has 4 nitrogen and oxygen atoms in total. The van der Waals surface area contributed by atoms with Crippen molar-refractivity contribution in [1.29, 1.82) is 0 Å². The molecule has 0 radical (unpaired) electrons. The van der Waals surface area contributed by atoms with Crippen LogP contribution in [0.15, 0.2) is 10.6 Å². The summed E-state index contributed by atoms with van der Waals surface area (Å²) < 4.78 is 4.95. The minimum atomic E-state index is 0.153. The topological polar surface area (TPSA) is 46.3 Å². The van der Waals surface area contributed by atoms with Crippen molar-refractivity contribution in [2.24, 2.45) is 0 Å². The minimum absolute atomic E-state index is 0.153. The molecule has 1 amide bonds. The number of aromatic nitrogens is 1. The molecule has 0 aliphatic heterocycles. The lowest BCUT2D eigenvalue weighted by Gasteiger charge is -2.20. The molecular weight excluding hydrogens is 224 g/mol. The Labute approximate surface area is 100 Å². The highest BCUT2D eigenvalue weighted by Gasteiger charge is 2.11. The molecule has 0 spiro atoms. The van der Waals surface area contributed by atoms with Crippen LogP contribution in [0.4, 0.5) is 0 Å². The number of rotatable bonds is 5. The van der Waals surface area contributed by atoms with E-state index in [2.05, 4.69) is 5.16 Å². The van der Waals surface area contributed by atoms with Crippen LogP contribution in [0.1, 0.15) is 25.3 Å². The monoisotopic (exact) mass is 242 g/mol. The second-order valence-electron chi connectivity index (χ2n) is 4.02. The van der Waals surface area contributed by atoms with Gasteiger partial charge in [-0.1, -0.05) is 5.16 Å². The third-order valence-corrected chi connectivity index (χ3v) is 3.27. The summed E-state index contributed by atoms with van der Waals surface area (Å²) in [7, 11) is 1.83. The van der Waals surface area contributed by atoms with Crippen molar-refractivity contribution in [2.75, 3.05) is 12.8 Å². The summed E-state index contributed by atoms with van der Waals surface area (Å²) in [6.07, 6.45) is 0. The van der Waals surface area contributed by atoms with E-state index >= 15 is 0 Å². The number of thioether (sulfide) groups is 1. The van der Waals surface area contributed by atoms with Crippen LogP contribution >= 0.6 is 11.8 Å². The molecule has 0 aromatic carbocycles. The van der Waals surface area contributed by atoms with Gasteiger partial charge in [0.15, 0.2) is 0 Å². The van der Waals surface area contributed by atoms with E-state index in [0.717, 1.165) is 17.2 Å². The fourth-order valence-corrected chi connectivity index (χ4v) is 1.94. The van der Waals surface area contributed by atoms with Crippen molar-refractivity contribution in [2.45, 2.75) is 32.6 Å². The molecule has 5 heteroatoms. The number of aryl methyl sites for hydroxylation is 1. The van der Waals surface area contributed by atoms with Crippen molar-refractivity contribution in [3.63, 3.8) is 0 Å². The summed E-state index contributed by atoms with van der Waals surface area (Å²) in [4.78, 5) is 13.4. The highest BCUT2D eigenvalue weighted by Crippen LogP contribution is 2.13. The standard InChI is InChI=1S/C11H18N2O2S/c1-8(2)13(4)11(14)7-16-6-10-5-9(3)15-12-10/h5,8H,6-7H2,1-4H3. The van der Waals surface area contributed by atoms with Crippen LogP contribution in [-0.4, -0.2) is 34.8 Å². The van der Waals surface area contributed by atoms with Crippen molar-refractivity contribution in [3.05, 3.63) is 17.5 Å². The number of nitrogens with zero attached hydrogens (tertiary/aromatic N) is 2. The van der Waals surface area contributed by atoms with E-state index in [1.54, 1.807) is 16.7 Å². The molecule has 1 aromatic heterocycles. The van der Waals surface area contributed by atoms with E-state index < -0.39 is 0 Å². The molecule has 0 fully saturated rings. The first-order chi connectivity index (χ1) is 7.50. The van der Waals surface area contributed by atoms with Gasteiger partial charge in [0, 0.05) is 24.9 Å². The Bertz CT molecular complexity index is 350. The number of hydrogen-bond acceptors (Lipinski definition) is 4. The van der Waals surface area contributed by atoms with Gasteiger partial charge in [-0.2, -0.15) is 0 Å². The van der Waals surface area contributed by atoms with Crippen LogP contribution in [0.5, 0.6) is 0 Å². The Morgan fingerprint density at radius 2 is 2.31 bits per heavy atom. The molecule has 1 rings (SSSR count). The second kappa shape index (κ2) is 5.94. The summed E-state index contributed by atoms with van der Waals surface area (Å²) in [5, 5.41) is 3.87. The maximum Gasteiger partial charge on any atom is 0.232 e. The lowest BCUT2D eigenvalue weighted by Crippen LogP contribution is -2.34. The number of carbonyl (C=O) groups is 1. The quantitative estimate of drug-likeness (QED) is 0.793. The van der Waals surface area contributed by atoms with E-state index in [1.165, 1.54) is 0 Å².